The molecule has 1 fully saturated rings. The molecule has 2 aromatic rings. The lowest BCUT2D eigenvalue weighted by molar-refractivity contribution is 0.414. The Hall–Kier alpha value is -1.55. The van der Waals surface area contributed by atoms with Crippen molar-refractivity contribution < 1.29 is 4.74 Å². The highest BCUT2D eigenvalue weighted by Gasteiger charge is 2.45. The standard InChI is InChI=1S/C17H17BrN2O/c1-21-14-4-2-11(3-5-14)9-20-10-12-6-15(12)16-7-13(18)8-19-17(16)20/h2-5,7-8,12,15H,6,9-10H2,1H3. The van der Waals surface area contributed by atoms with Crippen molar-refractivity contribution in [1.29, 1.82) is 0 Å². The summed E-state index contributed by atoms with van der Waals surface area (Å²) in [5, 5.41) is 0. The van der Waals surface area contributed by atoms with Crippen LogP contribution in [0.2, 0.25) is 0 Å². The lowest BCUT2D eigenvalue weighted by Gasteiger charge is -2.30. The predicted molar refractivity (Wildman–Crippen MR) is 86.8 cm³/mol. The number of methoxy groups -OCH3 is 1. The van der Waals surface area contributed by atoms with Crippen LogP contribution >= 0.6 is 15.9 Å². The maximum absolute atomic E-state index is 5.22. The van der Waals surface area contributed by atoms with E-state index in [0.717, 1.165) is 41.0 Å². The second-order valence-corrected chi connectivity index (χ2v) is 6.81. The molecule has 0 radical (unpaired) electrons. The Kier molecular flexibility index (Phi) is 3.14. The first-order valence-electron chi connectivity index (χ1n) is 7.28. The van der Waals surface area contributed by atoms with Crippen molar-refractivity contribution in [2.24, 2.45) is 5.92 Å². The summed E-state index contributed by atoms with van der Waals surface area (Å²) in [6.07, 6.45) is 3.22. The van der Waals surface area contributed by atoms with Gasteiger partial charge in [-0.2, -0.15) is 0 Å². The van der Waals surface area contributed by atoms with Gasteiger partial charge in [0.2, 0.25) is 0 Å². The number of halogens is 1. The first-order valence-corrected chi connectivity index (χ1v) is 8.07. The Bertz CT molecular complexity index is 671. The van der Waals surface area contributed by atoms with E-state index in [2.05, 4.69) is 44.0 Å². The summed E-state index contributed by atoms with van der Waals surface area (Å²) < 4.78 is 6.30. The SMILES string of the molecule is COc1ccc(CN2CC3CC3c3cc(Br)cnc32)cc1. The summed E-state index contributed by atoms with van der Waals surface area (Å²) >= 11 is 3.54. The van der Waals surface area contributed by atoms with E-state index in [9.17, 15) is 0 Å². The summed E-state index contributed by atoms with van der Waals surface area (Å²) in [4.78, 5) is 7.08. The molecular weight excluding hydrogens is 328 g/mol. The molecule has 1 aliphatic carbocycles. The molecule has 0 N–H and O–H groups in total. The topological polar surface area (TPSA) is 25.4 Å². The van der Waals surface area contributed by atoms with Gasteiger partial charge in [-0.05, 0) is 63.5 Å². The molecule has 1 aromatic heterocycles. The molecule has 2 aliphatic rings. The van der Waals surface area contributed by atoms with E-state index in [1.807, 2.05) is 18.3 Å². The highest BCUT2D eigenvalue weighted by Crippen LogP contribution is 2.54. The van der Waals surface area contributed by atoms with E-state index in [1.165, 1.54) is 17.5 Å². The normalized spacial score (nSPS) is 22.5. The Morgan fingerprint density at radius 2 is 2.14 bits per heavy atom. The number of benzene rings is 1. The van der Waals surface area contributed by atoms with E-state index in [1.54, 1.807) is 7.11 Å². The number of hydrogen-bond acceptors (Lipinski definition) is 3. The number of ether oxygens (including phenoxy) is 1. The van der Waals surface area contributed by atoms with E-state index < -0.39 is 0 Å². The molecule has 2 unspecified atom stereocenters. The van der Waals surface area contributed by atoms with Crippen LogP contribution in [0.25, 0.3) is 0 Å². The van der Waals surface area contributed by atoms with E-state index in [0.29, 0.717) is 0 Å². The summed E-state index contributed by atoms with van der Waals surface area (Å²) in [6, 6.07) is 10.6. The van der Waals surface area contributed by atoms with Crippen molar-refractivity contribution in [3.8, 4) is 5.75 Å². The van der Waals surface area contributed by atoms with E-state index in [-0.39, 0.29) is 0 Å². The van der Waals surface area contributed by atoms with Gasteiger partial charge in [0.25, 0.3) is 0 Å². The quantitative estimate of drug-likeness (QED) is 0.842. The highest BCUT2D eigenvalue weighted by molar-refractivity contribution is 9.10. The third-order valence-corrected chi connectivity index (χ3v) is 4.90. The van der Waals surface area contributed by atoms with Crippen LogP contribution < -0.4 is 9.64 Å². The van der Waals surface area contributed by atoms with Crippen molar-refractivity contribution >= 4 is 21.7 Å². The van der Waals surface area contributed by atoms with Gasteiger partial charge in [-0.25, -0.2) is 4.98 Å². The van der Waals surface area contributed by atoms with Crippen molar-refractivity contribution in [3.05, 3.63) is 52.1 Å². The highest BCUT2D eigenvalue weighted by atomic mass is 79.9. The van der Waals surface area contributed by atoms with Gasteiger partial charge in [0.15, 0.2) is 0 Å². The van der Waals surface area contributed by atoms with Gasteiger partial charge in [-0.15, -0.1) is 0 Å². The van der Waals surface area contributed by atoms with Gasteiger partial charge >= 0.3 is 0 Å². The third kappa shape index (κ3) is 2.42. The molecule has 1 aliphatic heterocycles. The molecule has 1 saturated carbocycles. The summed E-state index contributed by atoms with van der Waals surface area (Å²) in [7, 11) is 1.70. The van der Waals surface area contributed by atoms with Gasteiger partial charge in [-0.1, -0.05) is 12.1 Å². The lowest BCUT2D eigenvalue weighted by atomic mass is 10.0. The number of hydrogen-bond donors (Lipinski definition) is 0. The average molecular weight is 345 g/mol. The van der Waals surface area contributed by atoms with Crippen LogP contribution in [0.4, 0.5) is 5.82 Å². The van der Waals surface area contributed by atoms with Crippen LogP contribution in [-0.2, 0) is 6.54 Å². The molecule has 21 heavy (non-hydrogen) atoms. The smallest absolute Gasteiger partial charge is 0.132 e. The first kappa shape index (κ1) is 13.1. The fourth-order valence-electron chi connectivity index (χ4n) is 3.28. The van der Waals surface area contributed by atoms with Crippen LogP contribution in [0.5, 0.6) is 5.75 Å². The molecule has 0 saturated heterocycles. The zero-order valence-corrected chi connectivity index (χ0v) is 13.5. The van der Waals surface area contributed by atoms with Crippen LogP contribution in [0.3, 0.4) is 0 Å². The minimum atomic E-state index is 0.733. The molecule has 4 heteroatoms. The van der Waals surface area contributed by atoms with Crippen LogP contribution in [0.15, 0.2) is 41.0 Å². The van der Waals surface area contributed by atoms with Crippen LogP contribution in [0.1, 0.15) is 23.5 Å². The Morgan fingerprint density at radius 1 is 1.33 bits per heavy atom. The van der Waals surface area contributed by atoms with Crippen LogP contribution in [0, 0.1) is 5.92 Å². The molecule has 3 nitrogen and oxygen atoms in total. The molecule has 2 heterocycles. The van der Waals surface area contributed by atoms with Crippen molar-refractivity contribution in [2.45, 2.75) is 18.9 Å². The van der Waals surface area contributed by atoms with Gasteiger partial charge in [0.1, 0.15) is 11.6 Å². The van der Waals surface area contributed by atoms with Crippen molar-refractivity contribution in [3.63, 3.8) is 0 Å². The fraction of sp³-hybridized carbons (Fsp3) is 0.353. The minimum Gasteiger partial charge on any atom is -0.497 e. The van der Waals surface area contributed by atoms with Gasteiger partial charge in [0.05, 0.1) is 7.11 Å². The molecule has 0 bridgehead atoms. The van der Waals surface area contributed by atoms with Gasteiger partial charge < -0.3 is 9.64 Å². The van der Waals surface area contributed by atoms with Gasteiger partial charge in [0, 0.05) is 23.8 Å². The van der Waals surface area contributed by atoms with Gasteiger partial charge in [-0.3, -0.25) is 0 Å². The zero-order chi connectivity index (χ0) is 14.4. The van der Waals surface area contributed by atoms with Crippen molar-refractivity contribution in [2.75, 3.05) is 18.6 Å². The molecule has 1 aromatic carbocycles. The summed E-state index contributed by atoms with van der Waals surface area (Å²) in [5.74, 6) is 3.61. The summed E-state index contributed by atoms with van der Waals surface area (Å²) in [5.41, 5.74) is 2.71. The minimum absolute atomic E-state index is 0.733. The third-order valence-electron chi connectivity index (χ3n) is 4.47. The number of rotatable bonds is 3. The monoisotopic (exact) mass is 344 g/mol. The maximum atomic E-state index is 5.22. The molecule has 108 valence electrons. The molecular formula is C17H17BrN2O. The van der Waals surface area contributed by atoms with Crippen molar-refractivity contribution in [1.82, 2.24) is 4.98 Å². The molecule has 0 spiro atoms. The van der Waals surface area contributed by atoms with Crippen LogP contribution in [-0.4, -0.2) is 18.6 Å². The Balaban J connectivity index is 1.61. The number of fused-ring (bicyclic) bond motifs is 3. The lowest BCUT2D eigenvalue weighted by Crippen LogP contribution is -2.30. The maximum Gasteiger partial charge on any atom is 0.132 e. The first-order chi connectivity index (χ1) is 10.2. The second-order valence-electron chi connectivity index (χ2n) is 5.90. The summed E-state index contributed by atoms with van der Waals surface area (Å²) in [6.45, 7) is 2.03. The molecule has 4 rings (SSSR count). The van der Waals surface area contributed by atoms with E-state index in [4.69, 9.17) is 4.74 Å². The molecule has 0 amide bonds. The number of anilines is 1. The Morgan fingerprint density at radius 3 is 2.90 bits per heavy atom. The Labute approximate surface area is 133 Å². The average Bonchev–Trinajstić information content (AvgIpc) is 3.27. The zero-order valence-electron chi connectivity index (χ0n) is 11.9. The fourth-order valence-corrected chi connectivity index (χ4v) is 3.62. The second kappa shape index (κ2) is 5.02. The number of pyridine rings is 1. The largest absolute Gasteiger partial charge is 0.497 e. The number of nitrogens with zero attached hydrogens (tertiary/aromatic N) is 2. The van der Waals surface area contributed by atoms with E-state index >= 15 is 0 Å². The molecule has 2 atom stereocenters. The number of aromatic nitrogens is 1. The predicted octanol–water partition coefficient (Wildman–Crippen LogP) is 3.98.